The molecular weight excluding hydrogens is 306 g/mol. The van der Waals surface area contributed by atoms with Crippen LogP contribution in [0.3, 0.4) is 0 Å². The molecule has 6 nitrogen and oxygen atoms in total. The maximum absolute atomic E-state index is 12.1. The fourth-order valence-corrected chi connectivity index (χ4v) is 2.49. The molecule has 120 valence electrons. The van der Waals surface area contributed by atoms with Crippen molar-refractivity contribution in [2.45, 2.75) is 0 Å². The maximum atomic E-state index is 12.1. The van der Waals surface area contributed by atoms with Crippen molar-refractivity contribution in [1.29, 1.82) is 0 Å². The van der Waals surface area contributed by atoms with E-state index >= 15 is 0 Å². The van der Waals surface area contributed by atoms with Gasteiger partial charge < -0.3 is 9.88 Å². The second kappa shape index (κ2) is 6.37. The van der Waals surface area contributed by atoms with E-state index in [0.29, 0.717) is 5.56 Å². The third-order valence-electron chi connectivity index (χ3n) is 3.69. The van der Waals surface area contributed by atoms with Crippen LogP contribution < -0.4 is 5.32 Å². The van der Waals surface area contributed by atoms with Gasteiger partial charge in [-0.25, -0.2) is 0 Å². The molecule has 0 aliphatic rings. The van der Waals surface area contributed by atoms with E-state index in [-0.39, 0.29) is 11.6 Å². The van der Waals surface area contributed by atoms with Crippen LogP contribution in [0.5, 0.6) is 0 Å². The average molecular weight is 321 g/mol. The number of amides is 1. The first-order chi connectivity index (χ1) is 11.5. The smallest absolute Gasteiger partial charge is 0.269 e. The van der Waals surface area contributed by atoms with Gasteiger partial charge in [0.25, 0.3) is 5.69 Å². The second-order valence-corrected chi connectivity index (χ2v) is 5.34. The lowest BCUT2D eigenvalue weighted by molar-refractivity contribution is -0.384. The van der Waals surface area contributed by atoms with Gasteiger partial charge in [-0.05, 0) is 29.8 Å². The average Bonchev–Trinajstić information content (AvgIpc) is 2.90. The van der Waals surface area contributed by atoms with Gasteiger partial charge in [-0.15, -0.1) is 0 Å². The highest BCUT2D eigenvalue weighted by Gasteiger charge is 2.07. The van der Waals surface area contributed by atoms with Crippen molar-refractivity contribution in [3.63, 3.8) is 0 Å². The SMILES string of the molecule is Cn1cc(NC(=O)/C=C/c2ccc([N+](=O)[O-])cc2)c2ccccc21. The molecule has 6 heteroatoms. The summed E-state index contributed by atoms with van der Waals surface area (Å²) >= 11 is 0. The van der Waals surface area contributed by atoms with Gasteiger partial charge in [0.05, 0.1) is 10.6 Å². The fourth-order valence-electron chi connectivity index (χ4n) is 2.49. The summed E-state index contributed by atoms with van der Waals surface area (Å²) in [5.74, 6) is -0.260. The summed E-state index contributed by atoms with van der Waals surface area (Å²) in [6.45, 7) is 0. The van der Waals surface area contributed by atoms with Crippen LogP contribution in [-0.4, -0.2) is 15.4 Å². The van der Waals surface area contributed by atoms with E-state index < -0.39 is 4.92 Å². The van der Waals surface area contributed by atoms with Gasteiger partial charge in [-0.2, -0.15) is 0 Å². The van der Waals surface area contributed by atoms with Crippen molar-refractivity contribution in [2.75, 3.05) is 5.32 Å². The zero-order valence-corrected chi connectivity index (χ0v) is 13.0. The zero-order valence-electron chi connectivity index (χ0n) is 13.0. The molecule has 2 aromatic carbocycles. The third-order valence-corrected chi connectivity index (χ3v) is 3.69. The first kappa shape index (κ1) is 15.5. The Kier molecular flexibility index (Phi) is 4.11. The molecule has 0 aliphatic carbocycles. The molecule has 24 heavy (non-hydrogen) atoms. The molecule has 0 fully saturated rings. The van der Waals surface area contributed by atoms with Crippen LogP contribution >= 0.6 is 0 Å². The summed E-state index contributed by atoms with van der Waals surface area (Å²) in [4.78, 5) is 22.3. The van der Waals surface area contributed by atoms with Gasteiger partial charge in [0, 0.05) is 42.4 Å². The number of carbonyl (C=O) groups excluding carboxylic acids is 1. The number of nitro benzene ring substituents is 1. The van der Waals surface area contributed by atoms with E-state index in [1.807, 2.05) is 42.1 Å². The van der Waals surface area contributed by atoms with E-state index in [1.54, 1.807) is 18.2 Å². The fraction of sp³-hybridized carbons (Fsp3) is 0.0556. The number of aryl methyl sites for hydroxylation is 1. The van der Waals surface area contributed by atoms with E-state index in [9.17, 15) is 14.9 Å². The first-order valence-corrected chi connectivity index (χ1v) is 7.32. The third kappa shape index (κ3) is 3.17. The molecule has 0 bridgehead atoms. The molecular formula is C18H15N3O3. The van der Waals surface area contributed by atoms with Gasteiger partial charge in [0.2, 0.25) is 5.91 Å². The number of rotatable bonds is 4. The van der Waals surface area contributed by atoms with Crippen molar-refractivity contribution in [1.82, 2.24) is 4.57 Å². The minimum atomic E-state index is -0.458. The quantitative estimate of drug-likeness (QED) is 0.452. The number of para-hydroxylation sites is 1. The number of nitrogens with zero attached hydrogens (tertiary/aromatic N) is 2. The summed E-state index contributed by atoms with van der Waals surface area (Å²) in [5, 5.41) is 14.4. The Hall–Kier alpha value is -3.41. The normalized spacial score (nSPS) is 11.0. The standard InChI is InChI=1S/C18H15N3O3/c1-20-12-16(15-4-2-3-5-17(15)20)19-18(22)11-8-13-6-9-14(10-7-13)21(23)24/h2-12H,1H3,(H,19,22)/b11-8+. The molecule has 0 aliphatic heterocycles. The van der Waals surface area contributed by atoms with Gasteiger partial charge in [-0.1, -0.05) is 18.2 Å². The Morgan fingerprint density at radius 3 is 2.58 bits per heavy atom. The molecule has 1 N–H and O–H groups in total. The number of hydrogen-bond donors (Lipinski definition) is 1. The number of anilines is 1. The Morgan fingerprint density at radius 1 is 1.17 bits per heavy atom. The molecule has 0 saturated carbocycles. The van der Waals surface area contributed by atoms with Crippen LogP contribution in [0.4, 0.5) is 11.4 Å². The number of non-ortho nitro benzene ring substituents is 1. The number of benzene rings is 2. The Labute approximate surface area is 138 Å². The monoisotopic (exact) mass is 321 g/mol. The second-order valence-electron chi connectivity index (χ2n) is 5.34. The predicted molar refractivity (Wildman–Crippen MR) is 93.7 cm³/mol. The highest BCUT2D eigenvalue weighted by Crippen LogP contribution is 2.24. The molecule has 0 spiro atoms. The first-order valence-electron chi connectivity index (χ1n) is 7.32. The lowest BCUT2D eigenvalue weighted by atomic mass is 10.2. The lowest BCUT2D eigenvalue weighted by Gasteiger charge is -1.99. The number of nitro groups is 1. The molecule has 0 saturated heterocycles. The van der Waals surface area contributed by atoms with E-state index in [2.05, 4.69) is 5.32 Å². The number of hydrogen-bond acceptors (Lipinski definition) is 3. The number of nitrogens with one attached hydrogen (secondary N) is 1. The van der Waals surface area contributed by atoms with Crippen LogP contribution in [0.25, 0.3) is 17.0 Å². The Morgan fingerprint density at radius 2 is 1.88 bits per heavy atom. The van der Waals surface area contributed by atoms with E-state index in [4.69, 9.17) is 0 Å². The largest absolute Gasteiger partial charge is 0.348 e. The summed E-state index contributed by atoms with van der Waals surface area (Å²) in [6.07, 6.45) is 4.88. The maximum Gasteiger partial charge on any atom is 0.269 e. The molecule has 0 atom stereocenters. The van der Waals surface area contributed by atoms with E-state index in [0.717, 1.165) is 16.6 Å². The topological polar surface area (TPSA) is 77.2 Å². The van der Waals surface area contributed by atoms with Crippen molar-refractivity contribution in [3.05, 3.63) is 76.5 Å². The molecule has 3 aromatic rings. The predicted octanol–water partition coefficient (Wildman–Crippen LogP) is 3.74. The summed E-state index contributed by atoms with van der Waals surface area (Å²) < 4.78 is 1.95. The molecule has 1 heterocycles. The number of aromatic nitrogens is 1. The van der Waals surface area contributed by atoms with Crippen LogP contribution in [-0.2, 0) is 11.8 Å². The number of fused-ring (bicyclic) bond motifs is 1. The van der Waals surface area contributed by atoms with Crippen LogP contribution in [0.1, 0.15) is 5.56 Å². The van der Waals surface area contributed by atoms with Crippen molar-refractivity contribution in [3.8, 4) is 0 Å². The Balaban J connectivity index is 1.74. The summed E-state index contributed by atoms with van der Waals surface area (Å²) in [5.41, 5.74) is 2.51. The Bertz CT molecular complexity index is 940. The molecule has 0 radical (unpaired) electrons. The van der Waals surface area contributed by atoms with Gasteiger partial charge >= 0.3 is 0 Å². The molecule has 3 rings (SSSR count). The van der Waals surface area contributed by atoms with Crippen molar-refractivity contribution >= 4 is 34.3 Å². The lowest BCUT2D eigenvalue weighted by Crippen LogP contribution is -2.07. The summed E-state index contributed by atoms with van der Waals surface area (Å²) in [7, 11) is 1.92. The minimum absolute atomic E-state index is 0.0207. The van der Waals surface area contributed by atoms with Crippen molar-refractivity contribution < 1.29 is 9.72 Å². The highest BCUT2D eigenvalue weighted by molar-refractivity contribution is 6.07. The minimum Gasteiger partial charge on any atom is -0.348 e. The van der Waals surface area contributed by atoms with Crippen LogP contribution in [0.15, 0.2) is 60.8 Å². The summed E-state index contributed by atoms with van der Waals surface area (Å²) in [6, 6.07) is 13.8. The van der Waals surface area contributed by atoms with E-state index in [1.165, 1.54) is 18.2 Å². The zero-order chi connectivity index (χ0) is 17.1. The van der Waals surface area contributed by atoms with Crippen LogP contribution in [0, 0.1) is 10.1 Å². The van der Waals surface area contributed by atoms with Gasteiger partial charge in [-0.3, -0.25) is 14.9 Å². The van der Waals surface area contributed by atoms with Crippen molar-refractivity contribution in [2.24, 2.45) is 7.05 Å². The van der Waals surface area contributed by atoms with Gasteiger partial charge in [0.1, 0.15) is 0 Å². The highest BCUT2D eigenvalue weighted by atomic mass is 16.6. The van der Waals surface area contributed by atoms with Crippen LogP contribution in [0.2, 0.25) is 0 Å². The molecule has 1 amide bonds. The molecule has 1 aromatic heterocycles. The number of carbonyl (C=O) groups is 1. The molecule has 0 unspecified atom stereocenters. The van der Waals surface area contributed by atoms with Gasteiger partial charge in [0.15, 0.2) is 0 Å².